The minimum atomic E-state index is -2.12. The molecule has 0 radical (unpaired) electrons. The van der Waals surface area contributed by atoms with Gasteiger partial charge < -0.3 is 70.4 Å². The number of aromatic hydroxyl groups is 4. The van der Waals surface area contributed by atoms with Crippen LogP contribution in [-0.2, 0) is 19.0 Å². The van der Waals surface area contributed by atoms with E-state index in [0.717, 1.165) is 6.08 Å². The Labute approximate surface area is 242 Å². The average Bonchev–Trinajstić information content (AvgIpc) is 2.95. The molecule has 0 aromatic heterocycles. The summed E-state index contributed by atoms with van der Waals surface area (Å²) in [6, 6.07) is 6.29. The Morgan fingerprint density at radius 3 is 2.09 bits per heavy atom. The van der Waals surface area contributed by atoms with Crippen molar-refractivity contribution in [2.45, 2.75) is 61.2 Å². The molecule has 43 heavy (non-hydrogen) atoms. The molecule has 16 nitrogen and oxygen atoms in total. The predicted molar refractivity (Wildman–Crippen MR) is 139 cm³/mol. The molecule has 0 saturated carbocycles. The van der Waals surface area contributed by atoms with Crippen molar-refractivity contribution < 1.29 is 80.0 Å². The number of aliphatic hydroxyl groups excluding tert-OH is 6. The van der Waals surface area contributed by atoms with Crippen LogP contribution in [0.5, 0.6) is 23.0 Å². The number of hydrogen-bond donors (Lipinski definition) is 11. The Kier molecular flexibility index (Phi) is 9.55. The molecule has 0 aliphatic carbocycles. The summed E-state index contributed by atoms with van der Waals surface area (Å²) in [5.41, 5.74) is -0.979. The lowest BCUT2D eigenvalue weighted by molar-refractivity contribution is -0.337. The van der Waals surface area contributed by atoms with Crippen molar-refractivity contribution >= 4 is 17.8 Å². The number of aliphatic carboxylic acids is 1. The number of rotatable bonds is 8. The van der Waals surface area contributed by atoms with Crippen molar-refractivity contribution in [3.63, 3.8) is 0 Å². The molecule has 0 unspecified atom stereocenters. The van der Waals surface area contributed by atoms with E-state index in [-0.39, 0.29) is 5.75 Å². The maximum absolute atomic E-state index is 13.0. The highest BCUT2D eigenvalue weighted by Crippen LogP contribution is 2.47. The fraction of sp³-hybridized carbons (Fsp3) is 0.407. The number of ketones is 1. The van der Waals surface area contributed by atoms with Gasteiger partial charge in [0.05, 0.1) is 12.2 Å². The Bertz CT molecular complexity index is 1360. The van der Waals surface area contributed by atoms with E-state index in [4.69, 9.17) is 14.2 Å². The highest BCUT2D eigenvalue weighted by Gasteiger charge is 2.53. The number of carboxylic acids is 1. The quantitative estimate of drug-likeness (QED) is 0.112. The summed E-state index contributed by atoms with van der Waals surface area (Å²) < 4.78 is 16.2. The topological polar surface area (TPSA) is 284 Å². The number of carbonyl (C=O) groups is 2. The fourth-order valence-electron chi connectivity index (χ4n) is 4.81. The molecule has 16 heteroatoms. The van der Waals surface area contributed by atoms with E-state index in [1.165, 1.54) is 30.3 Å². The molecular weight excluding hydrogens is 580 g/mol. The predicted octanol–water partition coefficient (Wildman–Crippen LogP) is -2.16. The van der Waals surface area contributed by atoms with E-state index in [0.29, 0.717) is 11.6 Å². The number of phenols is 4. The van der Waals surface area contributed by atoms with Crippen molar-refractivity contribution in [2.75, 3.05) is 6.61 Å². The van der Waals surface area contributed by atoms with Crippen LogP contribution in [0.4, 0.5) is 0 Å². The average molecular weight is 611 g/mol. The second kappa shape index (κ2) is 12.8. The zero-order valence-electron chi connectivity index (χ0n) is 22.0. The number of hydrogen-bond acceptors (Lipinski definition) is 15. The van der Waals surface area contributed by atoms with Gasteiger partial charge in [-0.2, -0.15) is 0 Å². The molecule has 2 aromatic carbocycles. The van der Waals surface area contributed by atoms with E-state index >= 15 is 0 Å². The zero-order chi connectivity index (χ0) is 31.7. The lowest BCUT2D eigenvalue weighted by Crippen LogP contribution is -2.63. The molecule has 0 bridgehead atoms. The third kappa shape index (κ3) is 6.28. The smallest absolute Gasteiger partial charge is 0.335 e. The SMILES string of the molecule is O=C(/C=C/c1ccc(O)cc1)c1c(O)cc(O)c([C@@H]2O[C@H](CO)[C@@H](O)[C@H](O)[C@H]2O[C@@H]2O[C@H](C(=O)O)[C@@H](O)[C@H](O)[C@H]2O)c1O. The fourth-order valence-corrected chi connectivity index (χ4v) is 4.81. The molecule has 2 aliphatic heterocycles. The number of benzene rings is 2. The van der Waals surface area contributed by atoms with Gasteiger partial charge in [0.1, 0.15) is 77.4 Å². The van der Waals surface area contributed by atoms with Crippen LogP contribution in [0.3, 0.4) is 0 Å². The Morgan fingerprint density at radius 2 is 1.49 bits per heavy atom. The van der Waals surface area contributed by atoms with Gasteiger partial charge in [-0.05, 0) is 23.8 Å². The van der Waals surface area contributed by atoms with Crippen molar-refractivity contribution in [3.8, 4) is 23.0 Å². The molecule has 2 fully saturated rings. The van der Waals surface area contributed by atoms with E-state index in [1.54, 1.807) is 0 Å². The minimum Gasteiger partial charge on any atom is -0.508 e. The second-order valence-corrected chi connectivity index (χ2v) is 9.94. The molecule has 0 amide bonds. The van der Waals surface area contributed by atoms with E-state index in [1.807, 2.05) is 0 Å². The number of phenolic OH excluding ortho intramolecular Hbond substituents is 4. The molecule has 2 heterocycles. The minimum absolute atomic E-state index is 0.0324. The van der Waals surface area contributed by atoms with Crippen LogP contribution >= 0.6 is 0 Å². The molecule has 10 atom stereocenters. The first-order valence-corrected chi connectivity index (χ1v) is 12.8. The third-order valence-electron chi connectivity index (χ3n) is 7.12. The number of aliphatic hydroxyl groups is 6. The number of ether oxygens (including phenoxy) is 3. The van der Waals surface area contributed by atoms with Gasteiger partial charge in [-0.25, -0.2) is 4.79 Å². The summed E-state index contributed by atoms with van der Waals surface area (Å²) in [4.78, 5) is 24.5. The standard InChI is InChI=1S/C27H30O16/c28-8-14-17(33)20(36)24(42-27-22(38)19(35)21(37)25(43-27)26(39)40)23(41-14)16-13(32)7-12(31)15(18(16)34)11(30)6-3-9-1-4-10(29)5-2-9/h1-7,14,17,19-25,27-29,31-38H,8H2,(H,39,40)/b6-3+/t14-,17-,19+,20+,21+,22-,23+,24-,25+,27-/m1/s1. The first-order valence-electron chi connectivity index (χ1n) is 12.8. The monoisotopic (exact) mass is 610 g/mol. The Hall–Kier alpha value is -3.84. The van der Waals surface area contributed by atoms with Crippen LogP contribution in [-0.4, -0.2) is 130 Å². The highest BCUT2D eigenvalue weighted by atomic mass is 16.7. The van der Waals surface area contributed by atoms with Gasteiger partial charge >= 0.3 is 5.97 Å². The lowest BCUT2D eigenvalue weighted by atomic mass is 9.88. The summed E-state index contributed by atoms with van der Waals surface area (Å²) in [5.74, 6) is -5.61. The zero-order valence-corrected chi connectivity index (χ0v) is 22.0. The molecule has 11 N–H and O–H groups in total. The van der Waals surface area contributed by atoms with Crippen LogP contribution in [0.1, 0.15) is 27.6 Å². The van der Waals surface area contributed by atoms with Crippen molar-refractivity contribution in [2.24, 2.45) is 0 Å². The number of carboxylic acid groups (broad SMARTS) is 1. The summed E-state index contributed by atoms with van der Waals surface area (Å²) in [6.45, 7) is -0.906. The van der Waals surface area contributed by atoms with Gasteiger partial charge in [-0.15, -0.1) is 0 Å². The largest absolute Gasteiger partial charge is 0.508 e. The molecule has 2 aliphatic rings. The third-order valence-corrected chi connectivity index (χ3v) is 7.12. The first kappa shape index (κ1) is 32.1. The molecule has 2 saturated heterocycles. The van der Waals surface area contributed by atoms with Crippen molar-refractivity contribution in [3.05, 3.63) is 53.1 Å². The van der Waals surface area contributed by atoms with Gasteiger partial charge in [0.2, 0.25) is 0 Å². The molecule has 234 valence electrons. The molecular formula is C27H30O16. The van der Waals surface area contributed by atoms with E-state index in [2.05, 4.69) is 0 Å². The van der Waals surface area contributed by atoms with Crippen LogP contribution in [0, 0.1) is 0 Å². The molecule has 0 spiro atoms. The summed E-state index contributed by atoms with van der Waals surface area (Å²) in [6.07, 6.45) is -17.7. The van der Waals surface area contributed by atoms with Gasteiger partial charge in [-0.1, -0.05) is 18.2 Å². The van der Waals surface area contributed by atoms with Crippen LogP contribution in [0.2, 0.25) is 0 Å². The molecule has 4 rings (SSSR count). The normalized spacial score (nSPS) is 33.0. The summed E-state index contributed by atoms with van der Waals surface area (Å²) in [5, 5.41) is 113. The van der Waals surface area contributed by atoms with Crippen LogP contribution in [0.15, 0.2) is 36.4 Å². The van der Waals surface area contributed by atoms with Crippen LogP contribution in [0.25, 0.3) is 6.08 Å². The Morgan fingerprint density at radius 1 is 0.837 bits per heavy atom. The summed E-state index contributed by atoms with van der Waals surface area (Å²) in [7, 11) is 0. The highest BCUT2D eigenvalue weighted by molar-refractivity contribution is 6.11. The van der Waals surface area contributed by atoms with E-state index in [9.17, 15) is 65.8 Å². The van der Waals surface area contributed by atoms with Gasteiger partial charge in [0.15, 0.2) is 18.2 Å². The van der Waals surface area contributed by atoms with Crippen molar-refractivity contribution in [1.82, 2.24) is 0 Å². The van der Waals surface area contributed by atoms with Gasteiger partial charge in [0, 0.05) is 6.07 Å². The number of carbonyl (C=O) groups excluding carboxylic acids is 1. The second-order valence-electron chi connectivity index (χ2n) is 9.94. The van der Waals surface area contributed by atoms with Crippen LogP contribution < -0.4 is 0 Å². The van der Waals surface area contributed by atoms with Gasteiger partial charge in [-0.3, -0.25) is 4.79 Å². The van der Waals surface area contributed by atoms with Crippen molar-refractivity contribution in [1.29, 1.82) is 0 Å². The number of allylic oxidation sites excluding steroid dienone is 1. The van der Waals surface area contributed by atoms with Gasteiger partial charge in [0.25, 0.3) is 0 Å². The van der Waals surface area contributed by atoms with E-state index < -0.39 is 108 Å². The maximum atomic E-state index is 13.0. The maximum Gasteiger partial charge on any atom is 0.335 e. The lowest BCUT2D eigenvalue weighted by Gasteiger charge is -2.46. The summed E-state index contributed by atoms with van der Waals surface area (Å²) >= 11 is 0. The first-order chi connectivity index (χ1) is 20.3. The Balaban J connectivity index is 1.74. The molecule has 2 aromatic rings.